The molecule has 0 aliphatic rings. The van der Waals surface area contributed by atoms with Crippen molar-refractivity contribution in [2.75, 3.05) is 13.2 Å². The molecule has 1 amide bonds. The van der Waals surface area contributed by atoms with Crippen molar-refractivity contribution in [3.63, 3.8) is 0 Å². The summed E-state index contributed by atoms with van der Waals surface area (Å²) in [6, 6.07) is 0. The summed E-state index contributed by atoms with van der Waals surface area (Å²) in [5.74, 6) is -2.47. The quantitative estimate of drug-likeness (QED) is 0.395. The highest BCUT2D eigenvalue weighted by atomic mass is 28.5. The Bertz CT molecular complexity index is 198. The van der Waals surface area contributed by atoms with Crippen molar-refractivity contribution < 1.29 is 30.3 Å². The standard InChI is InChI=1S/C4H5F6NOSi/c1-11(2-13(8,9)10)3(12)4(5,6)7/h2H2,1H3. The van der Waals surface area contributed by atoms with Crippen LogP contribution in [-0.2, 0) is 4.79 Å². The molecule has 0 heterocycles. The molecule has 0 aliphatic carbocycles. The number of halogens is 6. The van der Waals surface area contributed by atoms with Crippen molar-refractivity contribution in [1.29, 1.82) is 0 Å². The molecule has 0 unspecified atom stereocenters. The van der Waals surface area contributed by atoms with E-state index in [1.54, 1.807) is 0 Å². The van der Waals surface area contributed by atoms with Gasteiger partial charge >= 0.3 is 21.2 Å². The number of carbonyl (C=O) groups is 1. The Morgan fingerprint density at radius 1 is 1.31 bits per heavy atom. The number of alkyl halides is 3. The molecule has 2 nitrogen and oxygen atoms in total. The smallest absolute Gasteiger partial charge is 0.333 e. The van der Waals surface area contributed by atoms with Crippen molar-refractivity contribution >= 4 is 15.0 Å². The van der Waals surface area contributed by atoms with Crippen LogP contribution in [-0.4, -0.2) is 39.3 Å². The summed E-state index contributed by atoms with van der Waals surface area (Å²) in [7, 11) is -5.69. The highest BCUT2D eigenvalue weighted by Crippen LogP contribution is 2.19. The molecule has 0 aromatic heterocycles. The number of carbonyl (C=O) groups excluding carboxylic acids is 1. The van der Waals surface area contributed by atoms with Gasteiger partial charge in [-0.25, -0.2) is 12.3 Å². The largest absolute Gasteiger partial charge is 0.636 e. The maximum atomic E-state index is 11.6. The van der Waals surface area contributed by atoms with Crippen LogP contribution in [0.25, 0.3) is 0 Å². The average molecular weight is 225 g/mol. The maximum absolute atomic E-state index is 11.6. The molecule has 0 aromatic carbocycles. The first-order valence-electron chi connectivity index (χ1n) is 2.93. The molecule has 0 radical (unpaired) electrons. The zero-order valence-electron chi connectivity index (χ0n) is 6.33. The van der Waals surface area contributed by atoms with E-state index in [4.69, 9.17) is 0 Å². The second-order valence-corrected chi connectivity index (χ2v) is 3.82. The van der Waals surface area contributed by atoms with E-state index in [2.05, 4.69) is 0 Å². The number of hydrogen-bond donors (Lipinski definition) is 0. The molecule has 0 N–H and O–H groups in total. The first-order chi connectivity index (χ1) is 5.54. The van der Waals surface area contributed by atoms with Crippen molar-refractivity contribution in [1.82, 2.24) is 4.90 Å². The summed E-state index contributed by atoms with van der Waals surface area (Å²) in [6.07, 6.45) is -7.01. The SMILES string of the molecule is CN(C[Si](F)(F)F)C(=O)C(F)(F)F. The zero-order chi connectivity index (χ0) is 10.9. The number of nitrogens with zero attached hydrogens (tertiary/aromatic N) is 1. The Hall–Kier alpha value is -0.733. The number of amides is 1. The predicted molar refractivity (Wildman–Crippen MR) is 32.8 cm³/mol. The van der Waals surface area contributed by atoms with Crippen LogP contribution >= 0.6 is 0 Å². The van der Waals surface area contributed by atoms with E-state index in [-0.39, 0.29) is 4.90 Å². The lowest BCUT2D eigenvalue weighted by Crippen LogP contribution is -2.45. The van der Waals surface area contributed by atoms with Gasteiger partial charge in [-0.1, -0.05) is 0 Å². The van der Waals surface area contributed by atoms with Crippen molar-refractivity contribution in [2.24, 2.45) is 0 Å². The topological polar surface area (TPSA) is 20.3 Å². The Balaban J connectivity index is 4.30. The lowest BCUT2D eigenvalue weighted by atomic mass is 10.5. The highest BCUT2D eigenvalue weighted by Gasteiger charge is 2.46. The van der Waals surface area contributed by atoms with Crippen LogP contribution in [0, 0.1) is 0 Å². The maximum Gasteiger partial charge on any atom is 0.636 e. The van der Waals surface area contributed by atoms with E-state index < -0.39 is 27.3 Å². The minimum atomic E-state index is -6.16. The third kappa shape index (κ3) is 4.75. The van der Waals surface area contributed by atoms with Crippen LogP contribution in [0.1, 0.15) is 0 Å². The molecule has 9 heteroatoms. The molecular weight excluding hydrogens is 220 g/mol. The van der Waals surface area contributed by atoms with Crippen LogP contribution in [0.3, 0.4) is 0 Å². The summed E-state index contributed by atoms with van der Waals surface area (Å²) in [6.45, 7) is 0. The number of rotatable bonds is 2. The van der Waals surface area contributed by atoms with E-state index in [1.807, 2.05) is 0 Å². The van der Waals surface area contributed by atoms with E-state index in [0.29, 0.717) is 7.05 Å². The Morgan fingerprint density at radius 2 is 1.69 bits per heavy atom. The van der Waals surface area contributed by atoms with E-state index in [9.17, 15) is 30.3 Å². The van der Waals surface area contributed by atoms with Crippen molar-refractivity contribution in [2.45, 2.75) is 6.18 Å². The summed E-state index contributed by atoms with van der Waals surface area (Å²) in [4.78, 5) is 9.80. The van der Waals surface area contributed by atoms with Crippen molar-refractivity contribution in [3.05, 3.63) is 0 Å². The molecule has 0 bridgehead atoms. The van der Waals surface area contributed by atoms with Gasteiger partial charge in [-0.15, -0.1) is 0 Å². The van der Waals surface area contributed by atoms with Crippen LogP contribution in [0.5, 0.6) is 0 Å². The second kappa shape index (κ2) is 3.56. The normalized spacial score (nSPS) is 12.8. The fourth-order valence-electron chi connectivity index (χ4n) is 0.557. The Labute approximate surface area is 70.7 Å². The fourth-order valence-corrected chi connectivity index (χ4v) is 1.24. The van der Waals surface area contributed by atoms with E-state index in [0.717, 1.165) is 0 Å². The van der Waals surface area contributed by atoms with Gasteiger partial charge in [0.25, 0.3) is 0 Å². The summed E-state index contributed by atoms with van der Waals surface area (Å²) >= 11 is 0. The molecule has 0 aromatic rings. The molecule has 0 rings (SSSR count). The van der Waals surface area contributed by atoms with Crippen LogP contribution in [0.2, 0.25) is 0 Å². The minimum absolute atomic E-state index is 0.369. The third-order valence-corrected chi connectivity index (χ3v) is 1.84. The summed E-state index contributed by atoms with van der Waals surface area (Å²) in [5, 5.41) is 0. The molecule has 0 atom stereocenters. The predicted octanol–water partition coefficient (Wildman–Crippen LogP) is 1.39. The monoisotopic (exact) mass is 225 g/mol. The van der Waals surface area contributed by atoms with Gasteiger partial charge in [0.15, 0.2) is 0 Å². The van der Waals surface area contributed by atoms with Gasteiger partial charge in [-0.3, -0.25) is 4.79 Å². The lowest BCUT2D eigenvalue weighted by molar-refractivity contribution is -0.183. The fraction of sp³-hybridized carbons (Fsp3) is 0.750. The van der Waals surface area contributed by atoms with E-state index in [1.165, 1.54) is 0 Å². The molecule has 0 fully saturated rings. The van der Waals surface area contributed by atoms with Crippen molar-refractivity contribution in [3.8, 4) is 0 Å². The van der Waals surface area contributed by atoms with Gasteiger partial charge in [-0.2, -0.15) is 13.2 Å². The van der Waals surface area contributed by atoms with Crippen LogP contribution < -0.4 is 0 Å². The molecule has 13 heavy (non-hydrogen) atoms. The van der Waals surface area contributed by atoms with Gasteiger partial charge in [-0.05, 0) is 0 Å². The van der Waals surface area contributed by atoms with Gasteiger partial charge in [0.05, 0.1) is 0 Å². The first-order valence-corrected chi connectivity index (χ1v) is 4.77. The molecule has 78 valence electrons. The van der Waals surface area contributed by atoms with Gasteiger partial charge in [0.1, 0.15) is 6.17 Å². The lowest BCUT2D eigenvalue weighted by Gasteiger charge is -2.18. The molecule has 0 aliphatic heterocycles. The zero-order valence-corrected chi connectivity index (χ0v) is 7.33. The van der Waals surface area contributed by atoms with Crippen LogP contribution in [0.15, 0.2) is 0 Å². The molecular formula is C4H5F6NOSi. The second-order valence-electron chi connectivity index (χ2n) is 2.27. The first kappa shape index (κ1) is 12.3. The number of hydrogen-bond acceptors (Lipinski definition) is 1. The Morgan fingerprint density at radius 3 is 1.92 bits per heavy atom. The van der Waals surface area contributed by atoms with E-state index >= 15 is 0 Å². The molecule has 0 saturated heterocycles. The molecule has 0 saturated carbocycles. The van der Waals surface area contributed by atoms with Gasteiger partial charge < -0.3 is 4.90 Å². The van der Waals surface area contributed by atoms with Gasteiger partial charge in [0.2, 0.25) is 0 Å². The van der Waals surface area contributed by atoms with Crippen LogP contribution in [0.4, 0.5) is 25.5 Å². The Kier molecular flexibility index (Phi) is 3.36. The molecule has 0 spiro atoms. The summed E-state index contributed by atoms with van der Waals surface area (Å²) in [5.41, 5.74) is 0. The highest BCUT2D eigenvalue weighted by molar-refractivity contribution is 6.58. The minimum Gasteiger partial charge on any atom is -0.333 e. The summed E-state index contributed by atoms with van der Waals surface area (Å²) < 4.78 is 69.5. The third-order valence-electron chi connectivity index (χ3n) is 1.01. The van der Waals surface area contributed by atoms with Gasteiger partial charge in [0, 0.05) is 7.05 Å². The average Bonchev–Trinajstić information content (AvgIpc) is 1.79.